The second kappa shape index (κ2) is 7.31. The van der Waals surface area contributed by atoms with E-state index in [4.69, 9.17) is 4.74 Å². The van der Waals surface area contributed by atoms with Crippen LogP contribution in [-0.4, -0.2) is 97.8 Å². The van der Waals surface area contributed by atoms with Crippen molar-refractivity contribution < 1.29 is 4.74 Å². The number of likely N-dealkylation sites (tertiary alicyclic amines) is 1. The first-order chi connectivity index (χ1) is 11.4. The van der Waals surface area contributed by atoms with Gasteiger partial charge < -0.3 is 10.1 Å². The van der Waals surface area contributed by atoms with E-state index in [2.05, 4.69) is 30.7 Å². The summed E-state index contributed by atoms with van der Waals surface area (Å²) < 4.78 is 6.06. The van der Waals surface area contributed by atoms with E-state index in [1.165, 1.54) is 38.8 Å². The average Bonchev–Trinajstić information content (AvgIpc) is 3.18. The van der Waals surface area contributed by atoms with Gasteiger partial charge >= 0.3 is 0 Å². The number of nitrogens with one attached hydrogen (secondary N) is 2. The van der Waals surface area contributed by atoms with Gasteiger partial charge in [-0.25, -0.2) is 15.0 Å². The predicted octanol–water partition coefficient (Wildman–Crippen LogP) is -0.511. The van der Waals surface area contributed by atoms with E-state index in [1.807, 2.05) is 0 Å². The van der Waals surface area contributed by atoms with E-state index in [-0.39, 0.29) is 5.79 Å². The molecule has 4 rings (SSSR count). The number of hydrazine groups is 2. The highest BCUT2D eigenvalue weighted by Crippen LogP contribution is 2.33. The maximum Gasteiger partial charge on any atom is 0.180 e. The normalized spacial score (nSPS) is 36.5. The molecule has 0 radical (unpaired) electrons. The molecule has 4 fully saturated rings. The molecule has 23 heavy (non-hydrogen) atoms. The summed E-state index contributed by atoms with van der Waals surface area (Å²) in [5.41, 5.74) is 3.66. The van der Waals surface area contributed by atoms with Gasteiger partial charge in [-0.15, -0.1) is 0 Å². The lowest BCUT2D eigenvalue weighted by atomic mass is 10.1. The van der Waals surface area contributed by atoms with Crippen LogP contribution < -0.4 is 10.7 Å². The lowest BCUT2D eigenvalue weighted by Gasteiger charge is -2.60. The third-order valence-corrected chi connectivity index (χ3v) is 5.75. The summed E-state index contributed by atoms with van der Waals surface area (Å²) in [6.07, 6.45) is 5.22. The molecule has 0 bridgehead atoms. The summed E-state index contributed by atoms with van der Waals surface area (Å²) in [7, 11) is 0. The quantitative estimate of drug-likeness (QED) is 0.725. The van der Waals surface area contributed by atoms with E-state index in [1.54, 1.807) is 0 Å². The van der Waals surface area contributed by atoms with Crippen LogP contribution in [0.5, 0.6) is 0 Å². The van der Waals surface area contributed by atoms with Gasteiger partial charge in [0.05, 0.1) is 13.2 Å². The van der Waals surface area contributed by atoms with Crippen LogP contribution in [0.15, 0.2) is 0 Å². The smallest absolute Gasteiger partial charge is 0.180 e. The Morgan fingerprint density at radius 1 is 0.783 bits per heavy atom. The van der Waals surface area contributed by atoms with Gasteiger partial charge in [0, 0.05) is 58.9 Å². The third kappa shape index (κ3) is 3.04. The monoisotopic (exact) mass is 324 g/mol. The molecule has 0 saturated carbocycles. The van der Waals surface area contributed by atoms with E-state index in [0.717, 1.165) is 59.0 Å². The zero-order chi connectivity index (χ0) is 15.5. The van der Waals surface area contributed by atoms with Crippen molar-refractivity contribution in [3.63, 3.8) is 0 Å². The Hall–Kier alpha value is -0.280. The largest absolute Gasteiger partial charge is 0.375 e. The molecular weight excluding hydrogens is 292 g/mol. The summed E-state index contributed by atoms with van der Waals surface area (Å²) in [6, 6.07) is 0. The molecule has 0 aliphatic carbocycles. The van der Waals surface area contributed by atoms with Gasteiger partial charge in [-0.05, 0) is 19.3 Å². The summed E-state index contributed by atoms with van der Waals surface area (Å²) in [5.74, 6) is -0.132. The lowest BCUT2D eigenvalue weighted by molar-refractivity contribution is -0.304. The van der Waals surface area contributed by atoms with Crippen molar-refractivity contribution in [2.45, 2.75) is 31.5 Å². The first kappa shape index (κ1) is 16.2. The number of nitrogens with zero attached hydrogens (tertiary/aromatic N) is 4. The molecule has 2 N–H and O–H groups in total. The molecule has 0 spiro atoms. The fraction of sp³-hybridized carbons (Fsp3) is 1.00. The molecule has 7 heteroatoms. The van der Waals surface area contributed by atoms with Gasteiger partial charge in [0.1, 0.15) is 0 Å². The number of rotatable bonds is 3. The summed E-state index contributed by atoms with van der Waals surface area (Å²) in [4.78, 5) is 2.69. The van der Waals surface area contributed by atoms with E-state index >= 15 is 0 Å². The zero-order valence-electron chi connectivity index (χ0n) is 14.3. The second-order valence-corrected chi connectivity index (χ2v) is 7.11. The highest BCUT2D eigenvalue weighted by Gasteiger charge is 2.52. The van der Waals surface area contributed by atoms with E-state index in [0.29, 0.717) is 0 Å². The highest BCUT2D eigenvalue weighted by molar-refractivity contribution is 4.94. The van der Waals surface area contributed by atoms with Crippen LogP contribution in [0, 0.1) is 0 Å². The van der Waals surface area contributed by atoms with E-state index < -0.39 is 0 Å². The molecule has 1 unspecified atom stereocenters. The molecule has 0 aromatic carbocycles. The molecule has 132 valence electrons. The van der Waals surface area contributed by atoms with Gasteiger partial charge in [-0.3, -0.25) is 10.3 Å². The zero-order valence-corrected chi connectivity index (χ0v) is 14.3. The van der Waals surface area contributed by atoms with Crippen LogP contribution in [0.2, 0.25) is 0 Å². The fourth-order valence-electron chi connectivity index (χ4n) is 4.61. The molecule has 4 saturated heterocycles. The Morgan fingerprint density at radius 2 is 1.61 bits per heavy atom. The predicted molar refractivity (Wildman–Crippen MR) is 89.4 cm³/mol. The molecule has 7 nitrogen and oxygen atoms in total. The third-order valence-electron chi connectivity index (χ3n) is 5.75. The van der Waals surface area contributed by atoms with Crippen LogP contribution in [0.4, 0.5) is 0 Å². The van der Waals surface area contributed by atoms with Crippen molar-refractivity contribution >= 4 is 0 Å². The van der Waals surface area contributed by atoms with Crippen LogP contribution in [0.3, 0.4) is 0 Å². The maximum atomic E-state index is 6.06. The number of hydrogen-bond acceptors (Lipinski definition) is 7. The van der Waals surface area contributed by atoms with Crippen LogP contribution in [-0.2, 0) is 4.74 Å². The minimum absolute atomic E-state index is 0.132. The summed E-state index contributed by atoms with van der Waals surface area (Å²) >= 11 is 0. The minimum Gasteiger partial charge on any atom is -0.375 e. The number of ether oxygens (including phenoxy) is 1. The molecule has 4 aliphatic heterocycles. The molecule has 0 amide bonds. The SMILES string of the molecule is C1CCN(C2(N3CCCN3)COCCN2N2CCNCC2)CC1. The van der Waals surface area contributed by atoms with Gasteiger partial charge in [0.15, 0.2) is 5.79 Å². The van der Waals surface area contributed by atoms with Crippen molar-refractivity contribution in [2.24, 2.45) is 0 Å². The highest BCUT2D eigenvalue weighted by atomic mass is 16.5. The van der Waals surface area contributed by atoms with Crippen molar-refractivity contribution in [2.75, 3.05) is 72.1 Å². The number of piperidine rings is 1. The molecule has 0 aromatic heterocycles. The Morgan fingerprint density at radius 3 is 2.35 bits per heavy atom. The van der Waals surface area contributed by atoms with Crippen LogP contribution >= 0.6 is 0 Å². The summed E-state index contributed by atoms with van der Waals surface area (Å²) in [6.45, 7) is 11.6. The van der Waals surface area contributed by atoms with Crippen LogP contribution in [0.1, 0.15) is 25.7 Å². The second-order valence-electron chi connectivity index (χ2n) is 7.11. The fourth-order valence-corrected chi connectivity index (χ4v) is 4.61. The first-order valence-electron chi connectivity index (χ1n) is 9.48. The molecule has 0 aromatic rings. The van der Waals surface area contributed by atoms with Crippen molar-refractivity contribution in [3.8, 4) is 0 Å². The van der Waals surface area contributed by atoms with Gasteiger partial charge in [-0.2, -0.15) is 0 Å². The Kier molecular flexibility index (Phi) is 5.15. The van der Waals surface area contributed by atoms with Gasteiger partial charge in [-0.1, -0.05) is 6.42 Å². The van der Waals surface area contributed by atoms with E-state index in [9.17, 15) is 0 Å². The Bertz CT molecular complexity index is 379. The average molecular weight is 324 g/mol. The maximum absolute atomic E-state index is 6.06. The van der Waals surface area contributed by atoms with Gasteiger partial charge in [0.2, 0.25) is 0 Å². The van der Waals surface area contributed by atoms with Crippen molar-refractivity contribution in [1.29, 1.82) is 0 Å². The number of piperazine rings is 1. The molecule has 1 atom stereocenters. The van der Waals surface area contributed by atoms with Crippen LogP contribution in [0.25, 0.3) is 0 Å². The van der Waals surface area contributed by atoms with Crippen molar-refractivity contribution in [1.82, 2.24) is 30.7 Å². The molecule has 4 aliphatic rings. The summed E-state index contributed by atoms with van der Waals surface area (Å²) in [5, 5.41) is 11.2. The molecular formula is C16H32N6O. The Balaban J connectivity index is 1.64. The minimum atomic E-state index is -0.132. The van der Waals surface area contributed by atoms with Gasteiger partial charge in [0.25, 0.3) is 0 Å². The Labute approximate surface area is 139 Å². The van der Waals surface area contributed by atoms with Crippen molar-refractivity contribution in [3.05, 3.63) is 0 Å². The topological polar surface area (TPSA) is 46.2 Å². The number of hydrogen-bond donors (Lipinski definition) is 2. The first-order valence-corrected chi connectivity index (χ1v) is 9.48. The number of morpholine rings is 1. The lowest BCUT2D eigenvalue weighted by Crippen LogP contribution is -2.79. The standard InChI is InChI=1S/C16H32N6O/c1-2-8-19(9-3-1)16(21-10-4-5-18-21)15-23-14-13-22(16)20-11-6-17-7-12-20/h17-18H,1-15H2. The molecule has 4 heterocycles.